The summed E-state index contributed by atoms with van der Waals surface area (Å²) < 4.78 is 20.2. The van der Waals surface area contributed by atoms with Crippen molar-refractivity contribution in [3.8, 4) is 28.7 Å². The number of aryl methyl sites for hydroxylation is 1. The Morgan fingerprint density at radius 1 is 0.971 bits per heavy atom. The molecule has 0 amide bonds. The molecule has 1 fully saturated rings. The quantitative estimate of drug-likeness (QED) is 0.317. The first-order valence-corrected chi connectivity index (χ1v) is 11.8. The SMILES string of the molecule is COc1cc(C2CC2c2cnc(-c3ncccn3)nc2-c2ccc3nc(C)sc3c2)ccc1F. The van der Waals surface area contributed by atoms with Gasteiger partial charge >= 0.3 is 0 Å². The van der Waals surface area contributed by atoms with Gasteiger partial charge < -0.3 is 4.74 Å². The molecule has 0 N–H and O–H groups in total. The van der Waals surface area contributed by atoms with Crippen LogP contribution in [0, 0.1) is 12.7 Å². The van der Waals surface area contributed by atoms with Crippen molar-refractivity contribution in [3.05, 3.63) is 83.0 Å². The van der Waals surface area contributed by atoms with Gasteiger partial charge in [0.1, 0.15) is 0 Å². The van der Waals surface area contributed by atoms with E-state index in [1.165, 1.54) is 13.2 Å². The van der Waals surface area contributed by atoms with Gasteiger partial charge in [-0.2, -0.15) is 0 Å². The van der Waals surface area contributed by atoms with Crippen LogP contribution in [-0.4, -0.2) is 32.0 Å². The van der Waals surface area contributed by atoms with Gasteiger partial charge in [-0.3, -0.25) is 0 Å². The molecule has 1 saturated carbocycles. The Morgan fingerprint density at radius 3 is 2.65 bits per heavy atom. The van der Waals surface area contributed by atoms with Crippen LogP contribution in [0.25, 0.3) is 33.1 Å². The minimum absolute atomic E-state index is 0.231. The highest BCUT2D eigenvalue weighted by Gasteiger charge is 2.42. The number of aromatic nitrogens is 5. The fourth-order valence-electron chi connectivity index (χ4n) is 4.42. The van der Waals surface area contributed by atoms with Crippen molar-refractivity contribution in [3.63, 3.8) is 0 Å². The zero-order valence-corrected chi connectivity index (χ0v) is 19.4. The zero-order valence-electron chi connectivity index (χ0n) is 18.6. The van der Waals surface area contributed by atoms with E-state index in [0.717, 1.165) is 44.0 Å². The Bertz CT molecular complexity index is 1520. The smallest absolute Gasteiger partial charge is 0.198 e. The van der Waals surface area contributed by atoms with Gasteiger partial charge in [0.25, 0.3) is 0 Å². The van der Waals surface area contributed by atoms with Crippen LogP contribution in [0.15, 0.2) is 61.1 Å². The Kier molecular flexibility index (Phi) is 5.03. The molecule has 3 heterocycles. The molecule has 2 unspecified atom stereocenters. The number of rotatable bonds is 5. The molecule has 1 aliphatic rings. The van der Waals surface area contributed by atoms with E-state index in [0.29, 0.717) is 11.6 Å². The van der Waals surface area contributed by atoms with Gasteiger partial charge in [-0.25, -0.2) is 29.3 Å². The third-order valence-corrected chi connectivity index (χ3v) is 7.08. The molecule has 2 atom stereocenters. The Balaban J connectivity index is 1.44. The number of halogens is 1. The first-order valence-electron chi connectivity index (χ1n) is 11.0. The molecule has 0 bridgehead atoms. The lowest BCUT2D eigenvalue weighted by atomic mass is 10.00. The normalized spacial score (nSPS) is 17.1. The minimum atomic E-state index is -0.354. The fraction of sp³-hybridized carbons (Fsp3) is 0.192. The maximum atomic E-state index is 13.9. The molecule has 6 rings (SSSR count). The van der Waals surface area contributed by atoms with Crippen LogP contribution < -0.4 is 4.74 Å². The summed E-state index contributed by atoms with van der Waals surface area (Å²) in [5, 5.41) is 1.03. The number of hydrogen-bond donors (Lipinski definition) is 0. The van der Waals surface area contributed by atoms with Crippen LogP contribution in [0.4, 0.5) is 4.39 Å². The molecular formula is C26H20FN5OS. The molecule has 0 aliphatic heterocycles. The van der Waals surface area contributed by atoms with Gasteiger partial charge in [0.2, 0.25) is 0 Å². The highest BCUT2D eigenvalue weighted by molar-refractivity contribution is 7.18. The number of hydrogen-bond acceptors (Lipinski definition) is 7. The number of fused-ring (bicyclic) bond motifs is 1. The first kappa shape index (κ1) is 20.8. The van der Waals surface area contributed by atoms with Gasteiger partial charge in [0, 0.05) is 29.7 Å². The third-order valence-electron chi connectivity index (χ3n) is 6.14. The van der Waals surface area contributed by atoms with Crippen molar-refractivity contribution >= 4 is 21.6 Å². The second-order valence-electron chi connectivity index (χ2n) is 8.33. The van der Waals surface area contributed by atoms with Crippen molar-refractivity contribution in [1.29, 1.82) is 0 Å². The summed E-state index contributed by atoms with van der Waals surface area (Å²) in [6, 6.07) is 13.1. The van der Waals surface area contributed by atoms with Crippen molar-refractivity contribution < 1.29 is 9.13 Å². The molecule has 0 spiro atoms. The monoisotopic (exact) mass is 469 g/mol. The van der Waals surface area contributed by atoms with Crippen LogP contribution in [0.2, 0.25) is 0 Å². The highest BCUT2D eigenvalue weighted by atomic mass is 32.1. The Labute approximate surface area is 199 Å². The summed E-state index contributed by atoms with van der Waals surface area (Å²) in [4.78, 5) is 22.8. The molecule has 3 aromatic heterocycles. The van der Waals surface area contributed by atoms with E-state index in [-0.39, 0.29) is 23.4 Å². The number of nitrogens with zero attached hydrogens (tertiary/aromatic N) is 5. The molecule has 168 valence electrons. The first-order chi connectivity index (χ1) is 16.6. The Morgan fingerprint density at radius 2 is 1.82 bits per heavy atom. The van der Waals surface area contributed by atoms with E-state index in [1.54, 1.807) is 35.9 Å². The van der Waals surface area contributed by atoms with Gasteiger partial charge in [-0.1, -0.05) is 12.1 Å². The van der Waals surface area contributed by atoms with Crippen LogP contribution >= 0.6 is 11.3 Å². The van der Waals surface area contributed by atoms with Crippen molar-refractivity contribution in [2.24, 2.45) is 0 Å². The number of thiazole rings is 1. The molecule has 8 heteroatoms. The van der Waals surface area contributed by atoms with E-state index in [4.69, 9.17) is 9.72 Å². The van der Waals surface area contributed by atoms with E-state index in [1.807, 2.05) is 25.3 Å². The van der Waals surface area contributed by atoms with Crippen molar-refractivity contribution in [2.75, 3.05) is 7.11 Å². The minimum Gasteiger partial charge on any atom is -0.494 e. The Hall–Kier alpha value is -3.78. The summed E-state index contributed by atoms with van der Waals surface area (Å²) in [7, 11) is 1.49. The van der Waals surface area contributed by atoms with Gasteiger partial charge in [-0.15, -0.1) is 11.3 Å². The second-order valence-corrected chi connectivity index (χ2v) is 9.56. The lowest BCUT2D eigenvalue weighted by Crippen LogP contribution is -2.00. The maximum absolute atomic E-state index is 13.9. The topological polar surface area (TPSA) is 73.7 Å². The predicted octanol–water partition coefficient (Wildman–Crippen LogP) is 5.94. The highest BCUT2D eigenvalue weighted by Crippen LogP contribution is 2.56. The summed E-state index contributed by atoms with van der Waals surface area (Å²) in [6.45, 7) is 2.01. The molecule has 1 aliphatic carbocycles. The van der Waals surface area contributed by atoms with Gasteiger partial charge in [0.15, 0.2) is 23.2 Å². The predicted molar refractivity (Wildman–Crippen MR) is 129 cm³/mol. The molecule has 0 radical (unpaired) electrons. The second kappa shape index (κ2) is 8.22. The zero-order chi connectivity index (χ0) is 23.2. The van der Waals surface area contributed by atoms with Crippen molar-refractivity contribution in [2.45, 2.75) is 25.2 Å². The molecule has 2 aromatic carbocycles. The summed E-state index contributed by atoms with van der Waals surface area (Å²) in [5.74, 6) is 1.37. The average Bonchev–Trinajstić information content (AvgIpc) is 3.57. The standard InChI is InChI=1S/C26H20FN5OS/c1-14-31-21-7-5-16(11-23(21)34-14)24-19(13-30-26(32-24)25-28-8-3-9-29-25)18-12-17(18)15-4-6-20(27)22(10-15)33-2/h3-11,13,17-18H,12H2,1-2H3. The van der Waals surface area contributed by atoms with Crippen LogP contribution in [0.3, 0.4) is 0 Å². The number of benzene rings is 2. The van der Waals surface area contributed by atoms with E-state index < -0.39 is 0 Å². The van der Waals surface area contributed by atoms with E-state index in [2.05, 4.69) is 32.1 Å². The molecule has 5 aromatic rings. The van der Waals surface area contributed by atoms with Crippen LogP contribution in [-0.2, 0) is 0 Å². The van der Waals surface area contributed by atoms with Gasteiger partial charge in [-0.05, 0) is 61.1 Å². The van der Waals surface area contributed by atoms with Crippen LogP contribution in [0.5, 0.6) is 5.75 Å². The average molecular weight is 470 g/mol. The van der Waals surface area contributed by atoms with Crippen molar-refractivity contribution in [1.82, 2.24) is 24.9 Å². The lowest BCUT2D eigenvalue weighted by Gasteiger charge is -2.11. The maximum Gasteiger partial charge on any atom is 0.198 e. The van der Waals surface area contributed by atoms with E-state index >= 15 is 0 Å². The summed E-state index contributed by atoms with van der Waals surface area (Å²) in [6.07, 6.45) is 6.20. The molecular weight excluding hydrogens is 449 g/mol. The number of ether oxygens (including phenoxy) is 1. The molecule has 6 nitrogen and oxygen atoms in total. The lowest BCUT2D eigenvalue weighted by molar-refractivity contribution is 0.386. The molecule has 34 heavy (non-hydrogen) atoms. The van der Waals surface area contributed by atoms with Crippen LogP contribution in [0.1, 0.15) is 34.4 Å². The summed E-state index contributed by atoms with van der Waals surface area (Å²) in [5.41, 5.74) is 4.97. The van der Waals surface area contributed by atoms with Gasteiger partial charge in [0.05, 0.1) is 28.0 Å². The third kappa shape index (κ3) is 3.70. The summed E-state index contributed by atoms with van der Waals surface area (Å²) >= 11 is 1.67. The molecule has 0 saturated heterocycles. The fourth-order valence-corrected chi connectivity index (χ4v) is 5.28. The van der Waals surface area contributed by atoms with E-state index in [9.17, 15) is 4.39 Å². The largest absolute Gasteiger partial charge is 0.494 e. The number of methoxy groups -OCH3 is 1.